The van der Waals surface area contributed by atoms with Crippen molar-refractivity contribution in [3.8, 4) is 0 Å². The summed E-state index contributed by atoms with van der Waals surface area (Å²) >= 11 is 0. The average Bonchev–Trinajstić information content (AvgIpc) is 2.63. The molecule has 2 aliphatic rings. The van der Waals surface area contributed by atoms with E-state index < -0.39 is 0 Å². The van der Waals surface area contributed by atoms with Crippen LogP contribution < -0.4 is 5.32 Å². The minimum absolute atomic E-state index is 0. The third kappa shape index (κ3) is 7.59. The number of unbranched alkanes of at least 4 members (excludes halogenated alkanes) is 1. The maximum atomic E-state index is 5.76. The van der Waals surface area contributed by atoms with E-state index in [1.807, 2.05) is 7.05 Å². The lowest BCUT2D eigenvalue weighted by molar-refractivity contribution is 0.0262. The number of nitrogens with one attached hydrogen (secondary N) is 1. The van der Waals surface area contributed by atoms with Gasteiger partial charge in [0.25, 0.3) is 0 Å². The normalized spacial score (nSPS) is 23.4. The summed E-state index contributed by atoms with van der Waals surface area (Å²) in [5.41, 5.74) is 0. The molecule has 0 aromatic rings. The summed E-state index contributed by atoms with van der Waals surface area (Å²) in [6.45, 7) is 10.8. The predicted molar refractivity (Wildman–Crippen MR) is 117 cm³/mol. The summed E-state index contributed by atoms with van der Waals surface area (Å²) in [4.78, 5) is 9.61. The Morgan fingerprint density at radius 1 is 1.12 bits per heavy atom. The molecule has 0 aromatic carbocycles. The highest BCUT2D eigenvalue weighted by molar-refractivity contribution is 14.0. The summed E-state index contributed by atoms with van der Waals surface area (Å²) in [6.07, 6.45) is 9.31. The Morgan fingerprint density at radius 3 is 2.52 bits per heavy atom. The second kappa shape index (κ2) is 13.1. The number of likely N-dealkylation sites (tertiary alicyclic amines) is 2. The van der Waals surface area contributed by atoms with Gasteiger partial charge in [-0.15, -0.1) is 24.0 Å². The Labute approximate surface area is 172 Å². The number of hydrogen-bond donors (Lipinski definition) is 1. The molecule has 5 nitrogen and oxygen atoms in total. The number of aliphatic imine (C=N–C) groups is 1. The Hall–Kier alpha value is -0.0800. The number of ether oxygens (including phenoxy) is 1. The summed E-state index contributed by atoms with van der Waals surface area (Å²) in [5.74, 6) is 1.07. The summed E-state index contributed by atoms with van der Waals surface area (Å²) < 4.78 is 5.76. The number of hydrogen-bond acceptors (Lipinski definition) is 3. The van der Waals surface area contributed by atoms with Gasteiger partial charge in [-0.1, -0.05) is 19.8 Å². The second-order valence-corrected chi connectivity index (χ2v) is 7.11. The van der Waals surface area contributed by atoms with Crippen LogP contribution in [0.1, 0.15) is 58.8 Å². The maximum absolute atomic E-state index is 5.76. The third-order valence-corrected chi connectivity index (χ3v) is 5.40. The van der Waals surface area contributed by atoms with E-state index in [4.69, 9.17) is 4.74 Å². The number of guanidine groups is 1. The molecule has 1 N–H and O–H groups in total. The molecule has 2 fully saturated rings. The molecule has 2 aliphatic heterocycles. The molecule has 2 saturated heterocycles. The zero-order chi connectivity index (χ0) is 17.2. The summed E-state index contributed by atoms with van der Waals surface area (Å²) in [6, 6.07) is 0.669. The van der Waals surface area contributed by atoms with Gasteiger partial charge in [0.2, 0.25) is 0 Å². The molecule has 0 amide bonds. The largest absolute Gasteiger partial charge is 0.378 e. The Balaban J connectivity index is 0.00000312. The fourth-order valence-corrected chi connectivity index (χ4v) is 3.96. The zero-order valence-corrected chi connectivity index (χ0v) is 18.8. The van der Waals surface area contributed by atoms with E-state index in [2.05, 4.69) is 34.0 Å². The van der Waals surface area contributed by atoms with Crippen molar-refractivity contribution in [1.82, 2.24) is 15.1 Å². The van der Waals surface area contributed by atoms with Gasteiger partial charge >= 0.3 is 0 Å². The van der Waals surface area contributed by atoms with Gasteiger partial charge in [-0.2, -0.15) is 0 Å². The first-order chi connectivity index (χ1) is 11.8. The summed E-state index contributed by atoms with van der Waals surface area (Å²) in [5, 5.41) is 3.66. The first-order valence-electron chi connectivity index (χ1n) is 10.1. The quantitative estimate of drug-likeness (QED) is 0.355. The van der Waals surface area contributed by atoms with Crippen LogP contribution in [0.25, 0.3) is 0 Å². The molecule has 2 heterocycles. The molecule has 0 radical (unpaired) electrons. The highest BCUT2D eigenvalue weighted by Crippen LogP contribution is 2.18. The SMILES string of the molecule is CCCCN1CCCCC1CNC(=NC)N1CCC(OCC)CC1.I. The van der Waals surface area contributed by atoms with Crippen LogP contribution in [-0.2, 0) is 4.74 Å². The van der Waals surface area contributed by atoms with Crippen LogP contribution in [0.5, 0.6) is 0 Å². The van der Waals surface area contributed by atoms with Crippen LogP contribution in [0.4, 0.5) is 0 Å². The van der Waals surface area contributed by atoms with E-state index in [1.54, 1.807) is 0 Å². The molecule has 2 rings (SSSR count). The van der Waals surface area contributed by atoms with Crippen molar-refractivity contribution in [2.45, 2.75) is 70.9 Å². The maximum Gasteiger partial charge on any atom is 0.193 e. The molecule has 0 saturated carbocycles. The zero-order valence-electron chi connectivity index (χ0n) is 16.5. The summed E-state index contributed by atoms with van der Waals surface area (Å²) in [7, 11) is 1.91. The van der Waals surface area contributed by atoms with Gasteiger partial charge < -0.3 is 15.0 Å². The van der Waals surface area contributed by atoms with Crippen molar-refractivity contribution in [3.63, 3.8) is 0 Å². The molecular formula is C19H39IN4O. The topological polar surface area (TPSA) is 40.1 Å². The van der Waals surface area contributed by atoms with Crippen molar-refractivity contribution >= 4 is 29.9 Å². The van der Waals surface area contributed by atoms with Crippen LogP contribution in [0, 0.1) is 0 Å². The van der Waals surface area contributed by atoms with Gasteiger partial charge in [0.1, 0.15) is 0 Å². The lowest BCUT2D eigenvalue weighted by Crippen LogP contribution is -2.52. The Morgan fingerprint density at radius 2 is 1.88 bits per heavy atom. The van der Waals surface area contributed by atoms with E-state index in [-0.39, 0.29) is 24.0 Å². The molecule has 148 valence electrons. The smallest absolute Gasteiger partial charge is 0.193 e. The Bertz CT molecular complexity index is 372. The number of nitrogens with zero attached hydrogens (tertiary/aromatic N) is 3. The van der Waals surface area contributed by atoms with Crippen LogP contribution in [0.2, 0.25) is 0 Å². The minimum atomic E-state index is 0. The van der Waals surface area contributed by atoms with E-state index in [1.165, 1.54) is 45.2 Å². The lowest BCUT2D eigenvalue weighted by atomic mass is 10.0. The van der Waals surface area contributed by atoms with E-state index in [0.29, 0.717) is 12.1 Å². The van der Waals surface area contributed by atoms with Crippen LogP contribution in [-0.4, -0.2) is 74.3 Å². The van der Waals surface area contributed by atoms with Gasteiger partial charge in [0.15, 0.2) is 5.96 Å². The lowest BCUT2D eigenvalue weighted by Gasteiger charge is -2.38. The van der Waals surface area contributed by atoms with Crippen LogP contribution >= 0.6 is 24.0 Å². The average molecular weight is 466 g/mol. The molecule has 0 aliphatic carbocycles. The number of piperidine rings is 2. The molecule has 25 heavy (non-hydrogen) atoms. The van der Waals surface area contributed by atoms with Crippen LogP contribution in [0.3, 0.4) is 0 Å². The first-order valence-corrected chi connectivity index (χ1v) is 10.1. The van der Waals surface area contributed by atoms with Gasteiger partial charge in [-0.05, 0) is 52.1 Å². The molecule has 1 atom stereocenters. The first kappa shape index (κ1) is 23.0. The fourth-order valence-electron chi connectivity index (χ4n) is 3.96. The standard InChI is InChI=1S/C19H38N4O.HI/c1-4-6-12-22-13-8-7-9-17(22)16-21-19(20-3)23-14-10-18(11-15-23)24-5-2;/h17-18H,4-16H2,1-3H3,(H,20,21);1H. The second-order valence-electron chi connectivity index (χ2n) is 7.11. The van der Waals surface area contributed by atoms with Crippen molar-refractivity contribution in [2.75, 3.05) is 46.4 Å². The van der Waals surface area contributed by atoms with Crippen molar-refractivity contribution in [3.05, 3.63) is 0 Å². The predicted octanol–water partition coefficient (Wildman–Crippen LogP) is 3.34. The van der Waals surface area contributed by atoms with E-state index >= 15 is 0 Å². The number of halogens is 1. The van der Waals surface area contributed by atoms with Gasteiger partial charge in [-0.25, -0.2) is 0 Å². The van der Waals surface area contributed by atoms with E-state index in [0.717, 1.165) is 45.0 Å². The Kier molecular flexibility index (Phi) is 12.1. The van der Waals surface area contributed by atoms with Gasteiger partial charge in [0.05, 0.1) is 6.10 Å². The molecule has 1 unspecified atom stereocenters. The fraction of sp³-hybridized carbons (Fsp3) is 0.947. The molecular weight excluding hydrogens is 427 g/mol. The van der Waals surface area contributed by atoms with Crippen molar-refractivity contribution in [1.29, 1.82) is 0 Å². The third-order valence-electron chi connectivity index (χ3n) is 5.40. The van der Waals surface area contributed by atoms with E-state index in [9.17, 15) is 0 Å². The van der Waals surface area contributed by atoms with Gasteiger partial charge in [-0.3, -0.25) is 9.89 Å². The van der Waals surface area contributed by atoms with Crippen LogP contribution in [0.15, 0.2) is 4.99 Å². The molecule has 0 aromatic heterocycles. The van der Waals surface area contributed by atoms with Crippen molar-refractivity contribution in [2.24, 2.45) is 4.99 Å². The highest BCUT2D eigenvalue weighted by Gasteiger charge is 2.24. The molecule has 0 bridgehead atoms. The minimum Gasteiger partial charge on any atom is -0.378 e. The molecule has 6 heteroatoms. The highest BCUT2D eigenvalue weighted by atomic mass is 127. The van der Waals surface area contributed by atoms with Crippen molar-refractivity contribution < 1.29 is 4.74 Å². The van der Waals surface area contributed by atoms with Gasteiger partial charge in [0, 0.05) is 39.3 Å². The number of rotatable bonds is 7. The monoisotopic (exact) mass is 466 g/mol. The molecule has 0 spiro atoms.